The van der Waals surface area contributed by atoms with Gasteiger partial charge in [0.15, 0.2) is 0 Å². The molecule has 3 aromatic carbocycles. The van der Waals surface area contributed by atoms with Gasteiger partial charge in [0.05, 0.1) is 0 Å². The first kappa shape index (κ1) is 16.3. The minimum Gasteiger partial charge on any atom is -0.322 e. The molecular weight excluding hydrogens is 314 g/mol. The lowest BCUT2D eigenvalue weighted by atomic mass is 10.1. The van der Waals surface area contributed by atoms with Gasteiger partial charge in [-0.2, -0.15) is 0 Å². The molecule has 0 fully saturated rings. The molecule has 24 heavy (non-hydrogen) atoms. The van der Waals surface area contributed by atoms with E-state index in [0.29, 0.717) is 5.56 Å². The lowest BCUT2D eigenvalue weighted by Crippen LogP contribution is -2.11. The summed E-state index contributed by atoms with van der Waals surface area (Å²) in [4.78, 5) is 13.7. The molecule has 0 heterocycles. The fraction of sp³-hybridized carbons (Fsp3) is 0.0952. The van der Waals surface area contributed by atoms with Gasteiger partial charge in [-0.25, -0.2) is 0 Å². The summed E-state index contributed by atoms with van der Waals surface area (Å²) in [5.41, 5.74) is 3.91. The highest BCUT2D eigenvalue weighted by Crippen LogP contribution is 2.26. The van der Waals surface area contributed by atoms with Gasteiger partial charge in [0.1, 0.15) is 0 Å². The van der Waals surface area contributed by atoms with E-state index in [-0.39, 0.29) is 5.91 Å². The van der Waals surface area contributed by atoms with Crippen LogP contribution in [0.15, 0.2) is 83.8 Å². The molecule has 0 aromatic heterocycles. The molecule has 0 unspecified atom stereocenters. The zero-order valence-electron chi connectivity index (χ0n) is 13.5. The highest BCUT2D eigenvalue weighted by atomic mass is 32.2. The second-order valence-corrected chi connectivity index (χ2v) is 6.59. The molecule has 3 aromatic rings. The quantitative estimate of drug-likeness (QED) is 0.621. The minimum absolute atomic E-state index is 0.0797. The van der Waals surface area contributed by atoms with Crippen LogP contribution in [0.3, 0.4) is 0 Å². The predicted octanol–water partition coefficient (Wildman–Crippen LogP) is 5.54. The molecule has 0 saturated heterocycles. The van der Waals surface area contributed by atoms with Crippen LogP contribution in [0.2, 0.25) is 0 Å². The molecule has 3 rings (SSSR count). The van der Waals surface area contributed by atoms with Crippen LogP contribution in [0.25, 0.3) is 0 Å². The maximum absolute atomic E-state index is 12.4. The first-order valence-corrected chi connectivity index (χ1v) is 8.85. The molecule has 1 N–H and O–H groups in total. The Morgan fingerprint density at radius 2 is 1.67 bits per heavy atom. The van der Waals surface area contributed by atoms with E-state index in [1.165, 1.54) is 10.5 Å². The number of carbonyl (C=O) groups excluding carboxylic acids is 1. The lowest BCUT2D eigenvalue weighted by Gasteiger charge is -2.08. The number of carbonyl (C=O) groups is 1. The first-order chi connectivity index (χ1) is 11.7. The summed E-state index contributed by atoms with van der Waals surface area (Å²) in [7, 11) is 0. The zero-order chi connectivity index (χ0) is 16.8. The maximum atomic E-state index is 12.4. The van der Waals surface area contributed by atoms with Crippen molar-refractivity contribution in [2.45, 2.75) is 17.6 Å². The van der Waals surface area contributed by atoms with Gasteiger partial charge in [0.2, 0.25) is 0 Å². The number of rotatable bonds is 5. The zero-order valence-corrected chi connectivity index (χ0v) is 14.3. The summed E-state index contributed by atoms with van der Waals surface area (Å²) in [6.45, 7) is 2.12. The van der Waals surface area contributed by atoms with Crippen LogP contribution in [-0.2, 0) is 5.75 Å². The van der Waals surface area contributed by atoms with Gasteiger partial charge in [-0.05, 0) is 48.4 Å². The summed E-state index contributed by atoms with van der Waals surface area (Å²) in [5, 5.41) is 2.92. The third-order valence-electron chi connectivity index (χ3n) is 3.71. The van der Waals surface area contributed by atoms with Crippen molar-refractivity contribution in [1.29, 1.82) is 0 Å². The summed E-state index contributed by atoms with van der Waals surface area (Å²) in [5.74, 6) is 0.765. The summed E-state index contributed by atoms with van der Waals surface area (Å²) < 4.78 is 0. The van der Waals surface area contributed by atoms with Gasteiger partial charge in [-0.1, -0.05) is 48.5 Å². The lowest BCUT2D eigenvalue weighted by molar-refractivity contribution is 0.102. The van der Waals surface area contributed by atoms with E-state index in [0.717, 1.165) is 17.0 Å². The Morgan fingerprint density at radius 1 is 0.917 bits per heavy atom. The Morgan fingerprint density at radius 3 is 2.46 bits per heavy atom. The van der Waals surface area contributed by atoms with Crippen molar-refractivity contribution in [1.82, 2.24) is 0 Å². The standard InChI is InChI=1S/C21H19NOS/c1-16-8-5-6-13-20(16)24-15-17-9-7-10-18(14-17)21(23)22-19-11-3-2-4-12-19/h2-14H,15H2,1H3,(H,22,23). The molecule has 120 valence electrons. The number of benzene rings is 3. The van der Waals surface area contributed by atoms with Gasteiger partial charge in [-0.3, -0.25) is 4.79 Å². The van der Waals surface area contributed by atoms with Crippen molar-refractivity contribution in [2.24, 2.45) is 0 Å². The second-order valence-electron chi connectivity index (χ2n) is 5.57. The molecule has 0 aliphatic carbocycles. The van der Waals surface area contributed by atoms with Crippen LogP contribution < -0.4 is 5.32 Å². The Kier molecular flexibility index (Phi) is 5.34. The van der Waals surface area contributed by atoms with E-state index >= 15 is 0 Å². The van der Waals surface area contributed by atoms with Gasteiger partial charge in [0.25, 0.3) is 5.91 Å². The normalized spacial score (nSPS) is 10.4. The molecule has 1 amide bonds. The van der Waals surface area contributed by atoms with E-state index in [2.05, 4.69) is 36.5 Å². The molecular formula is C21H19NOS. The Balaban J connectivity index is 1.68. The number of aryl methyl sites for hydroxylation is 1. The highest BCUT2D eigenvalue weighted by Gasteiger charge is 2.07. The largest absolute Gasteiger partial charge is 0.322 e. The third-order valence-corrected chi connectivity index (χ3v) is 4.96. The molecule has 3 heteroatoms. The van der Waals surface area contributed by atoms with Crippen LogP contribution in [-0.4, -0.2) is 5.91 Å². The van der Waals surface area contributed by atoms with Crippen LogP contribution in [0.5, 0.6) is 0 Å². The van der Waals surface area contributed by atoms with Crippen molar-refractivity contribution in [3.63, 3.8) is 0 Å². The smallest absolute Gasteiger partial charge is 0.255 e. The highest BCUT2D eigenvalue weighted by molar-refractivity contribution is 7.98. The summed E-state index contributed by atoms with van der Waals surface area (Å²) >= 11 is 1.79. The average molecular weight is 333 g/mol. The number of amides is 1. The van der Waals surface area contributed by atoms with Crippen molar-refractivity contribution in [2.75, 3.05) is 5.32 Å². The SMILES string of the molecule is Cc1ccccc1SCc1cccc(C(=O)Nc2ccccc2)c1. The number of anilines is 1. The molecule has 0 radical (unpaired) electrons. The third kappa shape index (κ3) is 4.27. The van der Waals surface area contributed by atoms with E-state index < -0.39 is 0 Å². The van der Waals surface area contributed by atoms with Crippen LogP contribution in [0.4, 0.5) is 5.69 Å². The summed E-state index contributed by atoms with van der Waals surface area (Å²) in [6, 6.07) is 25.7. The molecule has 0 atom stereocenters. The van der Waals surface area contributed by atoms with Gasteiger partial charge in [0, 0.05) is 21.9 Å². The molecule has 0 aliphatic rings. The molecule has 0 aliphatic heterocycles. The Labute approximate surface area is 146 Å². The van der Waals surface area contributed by atoms with Crippen molar-refractivity contribution in [3.8, 4) is 0 Å². The number of nitrogens with one attached hydrogen (secondary N) is 1. The first-order valence-electron chi connectivity index (χ1n) is 7.86. The Bertz CT molecular complexity index is 830. The molecule has 2 nitrogen and oxygen atoms in total. The topological polar surface area (TPSA) is 29.1 Å². The minimum atomic E-state index is -0.0797. The van der Waals surface area contributed by atoms with E-state index in [4.69, 9.17) is 0 Å². The Hall–Kier alpha value is -2.52. The van der Waals surface area contributed by atoms with E-state index in [9.17, 15) is 4.79 Å². The van der Waals surface area contributed by atoms with Gasteiger partial charge in [-0.15, -0.1) is 11.8 Å². The maximum Gasteiger partial charge on any atom is 0.255 e. The van der Waals surface area contributed by atoms with E-state index in [1.807, 2.05) is 54.6 Å². The van der Waals surface area contributed by atoms with Crippen LogP contribution in [0, 0.1) is 6.92 Å². The molecule has 0 saturated carbocycles. The number of para-hydroxylation sites is 1. The van der Waals surface area contributed by atoms with Crippen molar-refractivity contribution < 1.29 is 4.79 Å². The average Bonchev–Trinajstić information content (AvgIpc) is 2.62. The number of hydrogen-bond acceptors (Lipinski definition) is 2. The van der Waals surface area contributed by atoms with Crippen LogP contribution >= 0.6 is 11.8 Å². The van der Waals surface area contributed by atoms with E-state index in [1.54, 1.807) is 11.8 Å². The fourth-order valence-corrected chi connectivity index (χ4v) is 3.38. The van der Waals surface area contributed by atoms with Crippen LogP contribution in [0.1, 0.15) is 21.5 Å². The van der Waals surface area contributed by atoms with Gasteiger partial charge >= 0.3 is 0 Å². The summed E-state index contributed by atoms with van der Waals surface area (Å²) in [6.07, 6.45) is 0. The second kappa shape index (κ2) is 7.84. The fourth-order valence-electron chi connectivity index (χ4n) is 2.41. The monoisotopic (exact) mass is 333 g/mol. The molecule has 0 spiro atoms. The van der Waals surface area contributed by atoms with Crippen molar-refractivity contribution >= 4 is 23.4 Å². The number of thioether (sulfide) groups is 1. The predicted molar refractivity (Wildman–Crippen MR) is 102 cm³/mol. The molecule has 0 bridgehead atoms. The van der Waals surface area contributed by atoms with Gasteiger partial charge < -0.3 is 5.32 Å². The number of hydrogen-bond donors (Lipinski definition) is 1. The van der Waals surface area contributed by atoms with Crippen molar-refractivity contribution in [3.05, 3.63) is 95.6 Å².